The Labute approximate surface area is 102 Å². The van der Waals surface area contributed by atoms with Gasteiger partial charge in [0.2, 0.25) is 0 Å². The van der Waals surface area contributed by atoms with Gasteiger partial charge in [-0.15, -0.1) is 0 Å². The molecule has 1 N–H and O–H groups in total. The number of H-pyrrole nitrogens is 1. The molecule has 0 atom stereocenters. The fraction of sp³-hybridized carbons (Fsp3) is 0.0909. The van der Waals surface area contributed by atoms with E-state index in [1.165, 1.54) is 4.57 Å². The first-order valence-electron chi connectivity index (χ1n) is 4.65. The van der Waals surface area contributed by atoms with Crippen molar-refractivity contribution in [2.45, 2.75) is 6.54 Å². The number of rotatable bonds is 2. The third-order valence-corrected chi connectivity index (χ3v) is 2.66. The zero-order chi connectivity index (χ0) is 11.7. The molecule has 0 saturated carbocycles. The van der Waals surface area contributed by atoms with Gasteiger partial charge < -0.3 is 4.98 Å². The molecule has 1 aromatic carbocycles. The van der Waals surface area contributed by atoms with Gasteiger partial charge in [0.05, 0.1) is 17.4 Å². The summed E-state index contributed by atoms with van der Waals surface area (Å²) < 4.78 is 1.75. The van der Waals surface area contributed by atoms with Crippen molar-refractivity contribution < 1.29 is 0 Å². The number of aromatic nitrogens is 2. The number of halogens is 1. The summed E-state index contributed by atoms with van der Waals surface area (Å²) in [6, 6.07) is 7.21. The summed E-state index contributed by atoms with van der Waals surface area (Å²) in [5.74, 6) is 0. The molecule has 2 rings (SSSR count). The van der Waals surface area contributed by atoms with Gasteiger partial charge in [0, 0.05) is 5.03 Å². The molecule has 5 heteroatoms. The molecule has 1 heterocycles. The monoisotopic (exact) mass is 252 g/mol. The highest BCUT2D eigenvalue weighted by molar-refractivity contribution is 7.71. The number of nitrogens with one attached hydrogen (secondary N) is 1. The maximum atomic E-state index is 12.1. The SMILES string of the molecule is C=C(Cl)Cn1c(=S)[nH]c2ccccc2c1=O. The van der Waals surface area contributed by atoms with Crippen molar-refractivity contribution in [2.24, 2.45) is 0 Å². The van der Waals surface area contributed by atoms with Gasteiger partial charge in [0.25, 0.3) is 5.56 Å². The van der Waals surface area contributed by atoms with Crippen molar-refractivity contribution >= 4 is 34.7 Å². The molecule has 3 nitrogen and oxygen atoms in total. The van der Waals surface area contributed by atoms with Crippen LogP contribution in [0.2, 0.25) is 0 Å². The zero-order valence-corrected chi connectivity index (χ0v) is 9.94. The van der Waals surface area contributed by atoms with Crippen LogP contribution in [0.25, 0.3) is 10.9 Å². The molecule has 0 unspecified atom stereocenters. The summed E-state index contributed by atoms with van der Waals surface area (Å²) in [4.78, 5) is 15.0. The van der Waals surface area contributed by atoms with Crippen LogP contribution in [0.5, 0.6) is 0 Å². The molecule has 2 aromatic rings. The Bertz CT molecular complexity index is 671. The van der Waals surface area contributed by atoms with E-state index in [1.54, 1.807) is 12.1 Å². The summed E-state index contributed by atoms with van der Waals surface area (Å²) in [5, 5.41) is 0.964. The fourth-order valence-corrected chi connectivity index (χ4v) is 1.89. The van der Waals surface area contributed by atoms with E-state index in [9.17, 15) is 4.79 Å². The molecule has 0 fully saturated rings. The van der Waals surface area contributed by atoms with Gasteiger partial charge in [-0.2, -0.15) is 0 Å². The van der Waals surface area contributed by atoms with Crippen LogP contribution < -0.4 is 5.56 Å². The number of para-hydroxylation sites is 1. The lowest BCUT2D eigenvalue weighted by Gasteiger charge is -2.06. The lowest BCUT2D eigenvalue weighted by Crippen LogP contribution is -2.22. The van der Waals surface area contributed by atoms with E-state index in [0.29, 0.717) is 15.2 Å². The second kappa shape index (κ2) is 4.23. The van der Waals surface area contributed by atoms with Gasteiger partial charge in [-0.3, -0.25) is 9.36 Å². The average molecular weight is 253 g/mol. The van der Waals surface area contributed by atoms with Crippen LogP contribution in [-0.4, -0.2) is 9.55 Å². The van der Waals surface area contributed by atoms with Gasteiger partial charge in [-0.05, 0) is 24.4 Å². The predicted molar refractivity (Wildman–Crippen MR) is 68.4 cm³/mol. The largest absolute Gasteiger partial charge is 0.332 e. The summed E-state index contributed by atoms with van der Waals surface area (Å²) >= 11 is 10.8. The molecule has 1 aromatic heterocycles. The molecule has 0 saturated heterocycles. The van der Waals surface area contributed by atoms with E-state index in [0.717, 1.165) is 5.52 Å². The highest BCUT2D eigenvalue weighted by Crippen LogP contribution is 2.07. The van der Waals surface area contributed by atoms with Crippen molar-refractivity contribution in [2.75, 3.05) is 0 Å². The minimum Gasteiger partial charge on any atom is -0.332 e. The number of allylic oxidation sites excluding steroid dienone is 1. The standard InChI is InChI=1S/C11H9ClN2OS/c1-7(12)6-14-10(15)8-4-2-3-5-9(8)13-11(14)16/h2-5H,1,6H2,(H,13,16). The van der Waals surface area contributed by atoms with Crippen LogP contribution in [0.3, 0.4) is 0 Å². The van der Waals surface area contributed by atoms with E-state index in [-0.39, 0.29) is 12.1 Å². The van der Waals surface area contributed by atoms with Gasteiger partial charge >= 0.3 is 0 Å². The predicted octanol–water partition coefficient (Wildman–Crippen LogP) is 2.81. The molecular formula is C11H9ClN2OS. The Kier molecular flexibility index (Phi) is 2.94. The molecule has 0 aliphatic carbocycles. The molecule has 0 aliphatic rings. The molecule has 16 heavy (non-hydrogen) atoms. The topological polar surface area (TPSA) is 37.8 Å². The molecule has 82 valence electrons. The van der Waals surface area contributed by atoms with E-state index in [2.05, 4.69) is 11.6 Å². The van der Waals surface area contributed by atoms with Crippen molar-refractivity contribution in [3.8, 4) is 0 Å². The normalized spacial score (nSPS) is 10.6. The van der Waals surface area contributed by atoms with Gasteiger partial charge in [-0.1, -0.05) is 30.3 Å². The third-order valence-electron chi connectivity index (χ3n) is 2.22. The van der Waals surface area contributed by atoms with E-state index in [1.807, 2.05) is 12.1 Å². The highest BCUT2D eigenvalue weighted by Gasteiger charge is 2.04. The number of hydrogen-bond donors (Lipinski definition) is 1. The minimum atomic E-state index is -0.152. The molecule has 0 spiro atoms. The van der Waals surface area contributed by atoms with Crippen LogP contribution >= 0.6 is 23.8 Å². The second-order valence-electron chi connectivity index (χ2n) is 3.38. The maximum Gasteiger partial charge on any atom is 0.262 e. The Balaban J connectivity index is 2.81. The summed E-state index contributed by atoms with van der Waals surface area (Å²) in [5.41, 5.74) is 0.579. The number of aromatic amines is 1. The van der Waals surface area contributed by atoms with E-state index in [4.69, 9.17) is 23.8 Å². The lowest BCUT2D eigenvalue weighted by atomic mass is 10.2. The van der Waals surface area contributed by atoms with Gasteiger partial charge in [0.1, 0.15) is 0 Å². The fourth-order valence-electron chi connectivity index (χ4n) is 1.51. The van der Waals surface area contributed by atoms with Crippen LogP contribution in [0.15, 0.2) is 40.7 Å². The first-order valence-corrected chi connectivity index (χ1v) is 5.43. The smallest absolute Gasteiger partial charge is 0.262 e. The average Bonchev–Trinajstić information content (AvgIpc) is 2.24. The number of hydrogen-bond acceptors (Lipinski definition) is 2. The lowest BCUT2D eigenvalue weighted by molar-refractivity contribution is 0.745. The first kappa shape index (κ1) is 11.1. The van der Waals surface area contributed by atoms with Gasteiger partial charge in [0.15, 0.2) is 4.77 Å². The van der Waals surface area contributed by atoms with Crippen molar-refractivity contribution in [3.63, 3.8) is 0 Å². The molecule has 0 radical (unpaired) electrons. The van der Waals surface area contributed by atoms with Crippen molar-refractivity contribution in [3.05, 3.63) is 51.0 Å². The van der Waals surface area contributed by atoms with Crippen molar-refractivity contribution in [1.82, 2.24) is 9.55 Å². The van der Waals surface area contributed by atoms with E-state index >= 15 is 0 Å². The maximum absolute atomic E-state index is 12.1. The summed E-state index contributed by atoms with van der Waals surface area (Å²) in [7, 11) is 0. The molecular weight excluding hydrogens is 244 g/mol. The summed E-state index contributed by atoms with van der Waals surface area (Å²) in [6.07, 6.45) is 0. The third kappa shape index (κ3) is 1.94. The Morgan fingerprint density at radius 1 is 1.50 bits per heavy atom. The van der Waals surface area contributed by atoms with Crippen LogP contribution in [0, 0.1) is 4.77 Å². The number of nitrogens with zero attached hydrogens (tertiary/aromatic N) is 1. The number of fused-ring (bicyclic) bond motifs is 1. The zero-order valence-electron chi connectivity index (χ0n) is 8.37. The van der Waals surface area contributed by atoms with E-state index < -0.39 is 0 Å². The van der Waals surface area contributed by atoms with Gasteiger partial charge in [-0.25, -0.2) is 0 Å². The minimum absolute atomic E-state index is 0.152. The summed E-state index contributed by atoms with van der Waals surface area (Å²) in [6.45, 7) is 3.78. The van der Waals surface area contributed by atoms with Crippen molar-refractivity contribution in [1.29, 1.82) is 0 Å². The molecule has 0 amide bonds. The molecule has 0 bridgehead atoms. The molecule has 0 aliphatic heterocycles. The quantitative estimate of drug-likeness (QED) is 0.835. The number of benzene rings is 1. The Morgan fingerprint density at radius 3 is 2.88 bits per heavy atom. The first-order chi connectivity index (χ1) is 7.59. The Hall–Kier alpha value is -1.39. The van der Waals surface area contributed by atoms with Crippen LogP contribution in [0.1, 0.15) is 0 Å². The van der Waals surface area contributed by atoms with Crippen LogP contribution in [-0.2, 0) is 6.54 Å². The Morgan fingerprint density at radius 2 is 2.19 bits per heavy atom. The van der Waals surface area contributed by atoms with Crippen LogP contribution in [0.4, 0.5) is 0 Å². The highest BCUT2D eigenvalue weighted by atomic mass is 35.5. The second-order valence-corrected chi connectivity index (χ2v) is 4.31.